The van der Waals surface area contributed by atoms with Crippen LogP contribution in [0.25, 0.3) is 0 Å². The molecule has 4 heteroatoms. The number of hydrogen-bond acceptors (Lipinski definition) is 3. The third-order valence-electron chi connectivity index (χ3n) is 4.00. The lowest BCUT2D eigenvalue weighted by Gasteiger charge is -2.29. The van der Waals surface area contributed by atoms with Crippen LogP contribution in [0.1, 0.15) is 50.4 Å². The van der Waals surface area contributed by atoms with Crippen LogP contribution in [0.15, 0.2) is 17.5 Å². The van der Waals surface area contributed by atoms with Gasteiger partial charge in [-0.2, -0.15) is 0 Å². The van der Waals surface area contributed by atoms with Crippen molar-refractivity contribution in [3.8, 4) is 0 Å². The minimum absolute atomic E-state index is 0.127. The summed E-state index contributed by atoms with van der Waals surface area (Å²) in [5.41, 5.74) is 0. The third kappa shape index (κ3) is 4.32. The van der Waals surface area contributed by atoms with E-state index in [0.717, 1.165) is 6.42 Å². The molecule has 1 aliphatic rings. The maximum absolute atomic E-state index is 12.0. The molecule has 0 aliphatic heterocycles. The molecule has 1 fully saturated rings. The number of carbonyl (C=O) groups excluding carboxylic acids is 1. The fraction of sp³-hybridized carbons (Fsp3) is 0.667. The molecule has 19 heavy (non-hydrogen) atoms. The van der Waals surface area contributed by atoms with Crippen molar-refractivity contribution in [2.45, 2.75) is 51.6 Å². The lowest BCUT2D eigenvalue weighted by Crippen LogP contribution is -2.44. The molecule has 1 aromatic rings. The van der Waals surface area contributed by atoms with Crippen LogP contribution in [-0.4, -0.2) is 18.5 Å². The van der Waals surface area contributed by atoms with Gasteiger partial charge in [0.05, 0.1) is 6.54 Å². The lowest BCUT2D eigenvalue weighted by atomic mass is 9.86. The molecule has 0 aromatic carbocycles. The standard InChI is InChI=1S/C15H24N2OS/c1-11-6-3-4-7-13(11)17-15(18)10-16-12(2)14-8-5-9-19-14/h5,8-9,11-13,16H,3-4,6-7,10H2,1-2H3,(H,17,18)/t11-,12-,13+/m0/s1. The Morgan fingerprint density at radius 3 is 2.95 bits per heavy atom. The molecule has 1 heterocycles. The topological polar surface area (TPSA) is 41.1 Å². The van der Waals surface area contributed by atoms with Gasteiger partial charge in [0.15, 0.2) is 0 Å². The summed E-state index contributed by atoms with van der Waals surface area (Å²) in [6.07, 6.45) is 4.92. The van der Waals surface area contributed by atoms with Gasteiger partial charge in [0.1, 0.15) is 0 Å². The zero-order chi connectivity index (χ0) is 13.7. The molecule has 0 radical (unpaired) electrons. The van der Waals surface area contributed by atoms with E-state index in [0.29, 0.717) is 18.5 Å². The number of carbonyl (C=O) groups is 1. The number of hydrogen-bond donors (Lipinski definition) is 2. The van der Waals surface area contributed by atoms with Crippen LogP contribution < -0.4 is 10.6 Å². The fourth-order valence-electron chi connectivity index (χ4n) is 2.67. The van der Waals surface area contributed by atoms with Gasteiger partial charge in [-0.05, 0) is 37.1 Å². The van der Waals surface area contributed by atoms with E-state index < -0.39 is 0 Å². The van der Waals surface area contributed by atoms with Crippen LogP contribution in [0.3, 0.4) is 0 Å². The maximum Gasteiger partial charge on any atom is 0.234 e. The fourth-order valence-corrected chi connectivity index (χ4v) is 3.43. The molecule has 1 amide bonds. The molecular weight excluding hydrogens is 256 g/mol. The number of amides is 1. The van der Waals surface area contributed by atoms with Crippen molar-refractivity contribution in [3.05, 3.63) is 22.4 Å². The number of thiophene rings is 1. The normalized spacial score (nSPS) is 24.9. The Kier molecular flexibility index (Phi) is 5.40. The highest BCUT2D eigenvalue weighted by Crippen LogP contribution is 2.23. The first-order valence-corrected chi connectivity index (χ1v) is 8.11. The molecule has 1 aliphatic carbocycles. The van der Waals surface area contributed by atoms with Crippen molar-refractivity contribution >= 4 is 17.2 Å². The third-order valence-corrected chi connectivity index (χ3v) is 5.05. The van der Waals surface area contributed by atoms with Gasteiger partial charge < -0.3 is 10.6 Å². The van der Waals surface area contributed by atoms with Crippen LogP contribution in [0.4, 0.5) is 0 Å². The molecule has 0 unspecified atom stereocenters. The Bertz CT molecular complexity index is 391. The molecule has 0 spiro atoms. The van der Waals surface area contributed by atoms with E-state index in [-0.39, 0.29) is 11.9 Å². The van der Waals surface area contributed by atoms with Crippen molar-refractivity contribution in [2.75, 3.05) is 6.54 Å². The summed E-state index contributed by atoms with van der Waals surface area (Å²) in [4.78, 5) is 13.2. The second-order valence-corrected chi connectivity index (χ2v) is 6.53. The summed E-state index contributed by atoms with van der Waals surface area (Å²) in [6, 6.07) is 4.76. The molecule has 2 N–H and O–H groups in total. The van der Waals surface area contributed by atoms with Crippen molar-refractivity contribution in [1.29, 1.82) is 0 Å². The minimum Gasteiger partial charge on any atom is -0.352 e. The summed E-state index contributed by atoms with van der Waals surface area (Å²) in [7, 11) is 0. The van der Waals surface area contributed by atoms with E-state index in [1.165, 1.54) is 24.1 Å². The zero-order valence-corrected chi connectivity index (χ0v) is 12.6. The van der Waals surface area contributed by atoms with Gasteiger partial charge in [-0.3, -0.25) is 4.79 Å². The van der Waals surface area contributed by atoms with Crippen molar-refractivity contribution in [3.63, 3.8) is 0 Å². The summed E-state index contributed by atoms with van der Waals surface area (Å²) in [5, 5.41) is 8.53. The predicted octanol–water partition coefficient (Wildman–Crippen LogP) is 3.09. The predicted molar refractivity (Wildman–Crippen MR) is 80.3 cm³/mol. The molecule has 0 bridgehead atoms. The highest BCUT2D eigenvalue weighted by molar-refractivity contribution is 7.10. The van der Waals surface area contributed by atoms with Gasteiger partial charge in [0, 0.05) is 17.0 Å². The first kappa shape index (κ1) is 14.5. The van der Waals surface area contributed by atoms with E-state index in [1.54, 1.807) is 11.3 Å². The lowest BCUT2D eigenvalue weighted by molar-refractivity contribution is -0.121. The van der Waals surface area contributed by atoms with E-state index in [1.807, 2.05) is 6.07 Å². The second-order valence-electron chi connectivity index (χ2n) is 5.55. The Balaban J connectivity index is 1.72. The molecule has 106 valence electrons. The first-order valence-electron chi connectivity index (χ1n) is 7.23. The van der Waals surface area contributed by atoms with Crippen molar-refractivity contribution in [2.24, 2.45) is 5.92 Å². The van der Waals surface area contributed by atoms with E-state index in [9.17, 15) is 4.79 Å². The van der Waals surface area contributed by atoms with Crippen LogP contribution in [-0.2, 0) is 4.79 Å². The highest BCUT2D eigenvalue weighted by atomic mass is 32.1. The Labute approximate surface area is 119 Å². The first-order chi connectivity index (χ1) is 9.16. The summed E-state index contributed by atoms with van der Waals surface area (Å²) in [5.74, 6) is 0.745. The quantitative estimate of drug-likeness (QED) is 0.870. The highest BCUT2D eigenvalue weighted by Gasteiger charge is 2.22. The molecule has 1 aromatic heterocycles. The number of nitrogens with one attached hydrogen (secondary N) is 2. The summed E-state index contributed by atoms with van der Waals surface area (Å²) >= 11 is 1.72. The van der Waals surface area contributed by atoms with Crippen LogP contribution in [0.5, 0.6) is 0 Å². The molecule has 3 atom stereocenters. The maximum atomic E-state index is 12.0. The molecular formula is C15H24N2OS. The van der Waals surface area contributed by atoms with Crippen LogP contribution in [0, 0.1) is 5.92 Å². The molecule has 1 saturated carbocycles. The monoisotopic (exact) mass is 280 g/mol. The van der Waals surface area contributed by atoms with E-state index in [2.05, 4.69) is 35.9 Å². The largest absolute Gasteiger partial charge is 0.352 e. The Morgan fingerprint density at radius 1 is 1.47 bits per heavy atom. The SMILES string of the molecule is C[C@H](NCC(=O)N[C@@H]1CCCC[C@@H]1C)c1cccs1. The average Bonchev–Trinajstić information content (AvgIpc) is 2.93. The minimum atomic E-state index is 0.127. The van der Waals surface area contributed by atoms with Crippen molar-refractivity contribution < 1.29 is 4.79 Å². The molecule has 3 nitrogen and oxygen atoms in total. The van der Waals surface area contributed by atoms with Gasteiger partial charge in [0.2, 0.25) is 5.91 Å². The van der Waals surface area contributed by atoms with Gasteiger partial charge >= 0.3 is 0 Å². The average molecular weight is 280 g/mol. The van der Waals surface area contributed by atoms with Crippen molar-refractivity contribution in [1.82, 2.24) is 10.6 Å². The van der Waals surface area contributed by atoms with Gasteiger partial charge in [-0.25, -0.2) is 0 Å². The van der Waals surface area contributed by atoms with E-state index in [4.69, 9.17) is 0 Å². The second kappa shape index (κ2) is 7.06. The number of rotatable bonds is 5. The van der Waals surface area contributed by atoms with Gasteiger partial charge in [0.25, 0.3) is 0 Å². The van der Waals surface area contributed by atoms with Gasteiger partial charge in [-0.1, -0.05) is 25.8 Å². The van der Waals surface area contributed by atoms with Gasteiger partial charge in [-0.15, -0.1) is 11.3 Å². The Hall–Kier alpha value is -0.870. The Morgan fingerprint density at radius 2 is 2.26 bits per heavy atom. The zero-order valence-electron chi connectivity index (χ0n) is 11.8. The summed E-state index contributed by atoms with van der Waals surface area (Å²) in [6.45, 7) is 4.75. The van der Waals surface area contributed by atoms with Crippen LogP contribution in [0.2, 0.25) is 0 Å². The van der Waals surface area contributed by atoms with E-state index >= 15 is 0 Å². The summed E-state index contributed by atoms with van der Waals surface area (Å²) < 4.78 is 0. The van der Waals surface area contributed by atoms with Crippen LogP contribution >= 0.6 is 11.3 Å². The smallest absolute Gasteiger partial charge is 0.234 e. The molecule has 0 saturated heterocycles. The molecule has 2 rings (SSSR count).